The fourth-order valence-electron chi connectivity index (χ4n) is 3.00. The topological polar surface area (TPSA) is 37.8 Å². The van der Waals surface area contributed by atoms with E-state index in [0.717, 1.165) is 44.6 Å². The smallest absolute Gasteiger partial charge is 0.133 e. The van der Waals surface area contributed by atoms with E-state index in [-0.39, 0.29) is 0 Å². The lowest BCUT2D eigenvalue weighted by molar-refractivity contribution is 0.608. The lowest BCUT2D eigenvalue weighted by Crippen LogP contribution is -2.27. The normalized spacial score (nSPS) is 14.0. The summed E-state index contributed by atoms with van der Waals surface area (Å²) in [5, 5.41) is 3.44. The molecule has 0 unspecified atom stereocenters. The Labute approximate surface area is 126 Å². The predicted molar refractivity (Wildman–Crippen MR) is 85.4 cm³/mol. The van der Waals surface area contributed by atoms with Gasteiger partial charge in [0, 0.05) is 37.2 Å². The van der Waals surface area contributed by atoms with Crippen LogP contribution in [0.3, 0.4) is 0 Å². The van der Waals surface area contributed by atoms with Gasteiger partial charge in [-0.05, 0) is 18.9 Å². The molecule has 1 N–H and O–H groups in total. The Balaban J connectivity index is 1.93. The van der Waals surface area contributed by atoms with Gasteiger partial charge < -0.3 is 5.32 Å². The van der Waals surface area contributed by atoms with Gasteiger partial charge in [0.1, 0.15) is 5.82 Å². The largest absolute Gasteiger partial charge is 0.312 e. The predicted octanol–water partition coefficient (Wildman–Crippen LogP) is 2.97. The van der Waals surface area contributed by atoms with Crippen LogP contribution in [0.2, 0.25) is 0 Å². The van der Waals surface area contributed by atoms with E-state index in [1.54, 1.807) is 0 Å². The molecular weight excluding hydrogens is 258 g/mol. The molecule has 110 valence electrons. The van der Waals surface area contributed by atoms with Crippen molar-refractivity contribution >= 4 is 0 Å². The second kappa shape index (κ2) is 6.35. The van der Waals surface area contributed by atoms with Gasteiger partial charge in [-0.1, -0.05) is 43.2 Å². The summed E-state index contributed by atoms with van der Waals surface area (Å²) in [6.45, 7) is 6.30. The molecule has 0 amide bonds. The van der Waals surface area contributed by atoms with Crippen LogP contribution in [0.25, 0.3) is 0 Å². The Hall–Kier alpha value is -1.74. The fourth-order valence-corrected chi connectivity index (χ4v) is 3.00. The first kappa shape index (κ1) is 14.2. The number of aryl methyl sites for hydroxylation is 2. The third-order valence-corrected chi connectivity index (χ3v) is 4.00. The summed E-state index contributed by atoms with van der Waals surface area (Å²) in [4.78, 5) is 9.68. The Morgan fingerprint density at radius 1 is 1.24 bits per heavy atom. The van der Waals surface area contributed by atoms with Crippen LogP contribution >= 0.6 is 0 Å². The van der Waals surface area contributed by atoms with Crippen molar-refractivity contribution in [1.82, 2.24) is 15.3 Å². The van der Waals surface area contributed by atoms with Gasteiger partial charge in [0.25, 0.3) is 0 Å². The minimum atomic E-state index is 0.832. The molecule has 3 rings (SSSR count). The molecule has 0 aliphatic carbocycles. The highest BCUT2D eigenvalue weighted by molar-refractivity contribution is 5.31. The Morgan fingerprint density at radius 3 is 2.95 bits per heavy atom. The van der Waals surface area contributed by atoms with Gasteiger partial charge in [0.2, 0.25) is 0 Å². The molecule has 0 saturated heterocycles. The van der Waals surface area contributed by atoms with Crippen LogP contribution in [-0.4, -0.2) is 16.5 Å². The van der Waals surface area contributed by atoms with Crippen molar-refractivity contribution in [3.63, 3.8) is 0 Å². The molecule has 1 aliphatic rings. The zero-order valence-electron chi connectivity index (χ0n) is 12.9. The molecule has 0 radical (unpaired) electrons. The average Bonchev–Trinajstić information content (AvgIpc) is 2.47. The van der Waals surface area contributed by atoms with Gasteiger partial charge in [-0.15, -0.1) is 0 Å². The summed E-state index contributed by atoms with van der Waals surface area (Å²) in [5.74, 6) is 0.977. The van der Waals surface area contributed by atoms with Gasteiger partial charge in [-0.3, -0.25) is 0 Å². The Bertz CT molecular complexity index is 634. The number of nitrogens with zero attached hydrogens (tertiary/aromatic N) is 2. The number of rotatable bonds is 4. The minimum absolute atomic E-state index is 0.832. The molecule has 21 heavy (non-hydrogen) atoms. The molecule has 3 heteroatoms. The Morgan fingerprint density at radius 2 is 2.14 bits per heavy atom. The van der Waals surface area contributed by atoms with Gasteiger partial charge in [-0.25, -0.2) is 9.97 Å². The van der Waals surface area contributed by atoms with E-state index < -0.39 is 0 Å². The van der Waals surface area contributed by atoms with Crippen molar-refractivity contribution in [2.75, 3.05) is 6.54 Å². The maximum atomic E-state index is 4.85. The lowest BCUT2D eigenvalue weighted by Gasteiger charge is -2.20. The molecule has 1 aromatic carbocycles. The molecule has 1 aromatic heterocycles. The van der Waals surface area contributed by atoms with Crippen molar-refractivity contribution in [3.8, 4) is 0 Å². The van der Waals surface area contributed by atoms with Crippen LogP contribution < -0.4 is 5.32 Å². The van der Waals surface area contributed by atoms with Gasteiger partial charge in [0.15, 0.2) is 0 Å². The third-order valence-electron chi connectivity index (χ3n) is 4.00. The highest BCUT2D eigenvalue weighted by Gasteiger charge is 2.17. The highest BCUT2D eigenvalue weighted by atomic mass is 14.9. The van der Waals surface area contributed by atoms with Crippen LogP contribution in [0.15, 0.2) is 24.3 Å². The van der Waals surface area contributed by atoms with Crippen LogP contribution in [0.4, 0.5) is 0 Å². The number of hydrogen-bond donors (Lipinski definition) is 1. The van der Waals surface area contributed by atoms with Gasteiger partial charge >= 0.3 is 0 Å². The van der Waals surface area contributed by atoms with Crippen LogP contribution in [0.1, 0.15) is 47.2 Å². The molecule has 2 aromatic rings. The molecule has 2 heterocycles. The van der Waals surface area contributed by atoms with Crippen LogP contribution in [0, 0.1) is 6.92 Å². The third kappa shape index (κ3) is 3.30. The highest BCUT2D eigenvalue weighted by Crippen LogP contribution is 2.18. The van der Waals surface area contributed by atoms with E-state index in [9.17, 15) is 0 Å². The van der Waals surface area contributed by atoms with Crippen LogP contribution in [0.5, 0.6) is 0 Å². The number of hydrogen-bond acceptors (Lipinski definition) is 3. The second-order valence-electron chi connectivity index (χ2n) is 5.85. The van der Waals surface area contributed by atoms with Crippen molar-refractivity contribution < 1.29 is 0 Å². The van der Waals surface area contributed by atoms with E-state index in [1.807, 2.05) is 0 Å². The summed E-state index contributed by atoms with van der Waals surface area (Å²) in [6.07, 6.45) is 4.04. The maximum absolute atomic E-state index is 4.85. The molecule has 0 spiro atoms. The minimum Gasteiger partial charge on any atom is -0.312 e. The van der Waals surface area contributed by atoms with Crippen molar-refractivity contribution in [1.29, 1.82) is 0 Å². The van der Waals surface area contributed by atoms with Crippen molar-refractivity contribution in [2.24, 2.45) is 0 Å². The van der Waals surface area contributed by atoms with Crippen molar-refractivity contribution in [2.45, 2.75) is 46.1 Å². The fraction of sp³-hybridized carbons (Fsp3) is 0.444. The van der Waals surface area contributed by atoms with E-state index in [4.69, 9.17) is 9.97 Å². The number of fused-ring (bicyclic) bond motifs is 1. The summed E-state index contributed by atoms with van der Waals surface area (Å²) in [7, 11) is 0. The first-order valence-corrected chi connectivity index (χ1v) is 7.90. The number of benzene rings is 1. The molecule has 0 atom stereocenters. The standard InChI is InChI=1S/C18H23N3/c1-3-5-16-15-12-19-9-8-17(15)21-18(20-16)11-14-7-4-6-13(2)10-14/h4,6-7,10,19H,3,5,8-9,11-12H2,1-2H3. The maximum Gasteiger partial charge on any atom is 0.133 e. The average molecular weight is 281 g/mol. The molecule has 1 aliphatic heterocycles. The first-order valence-electron chi connectivity index (χ1n) is 7.90. The lowest BCUT2D eigenvalue weighted by atomic mass is 10.0. The van der Waals surface area contributed by atoms with E-state index in [2.05, 4.69) is 43.4 Å². The second-order valence-corrected chi connectivity index (χ2v) is 5.85. The van der Waals surface area contributed by atoms with Gasteiger partial charge in [0.05, 0.1) is 5.69 Å². The zero-order valence-corrected chi connectivity index (χ0v) is 12.9. The summed E-state index contributed by atoms with van der Waals surface area (Å²) >= 11 is 0. The summed E-state index contributed by atoms with van der Waals surface area (Å²) < 4.78 is 0. The van der Waals surface area contributed by atoms with Gasteiger partial charge in [-0.2, -0.15) is 0 Å². The zero-order chi connectivity index (χ0) is 14.7. The molecular formula is C18H23N3. The number of nitrogens with one attached hydrogen (secondary N) is 1. The Kier molecular flexibility index (Phi) is 4.30. The number of aromatic nitrogens is 2. The summed E-state index contributed by atoms with van der Waals surface area (Å²) in [5.41, 5.74) is 6.44. The monoisotopic (exact) mass is 281 g/mol. The molecule has 3 nitrogen and oxygen atoms in total. The van der Waals surface area contributed by atoms with Crippen molar-refractivity contribution in [3.05, 3.63) is 58.2 Å². The van der Waals surface area contributed by atoms with E-state index in [0.29, 0.717) is 0 Å². The molecule has 0 bridgehead atoms. The molecule has 0 fully saturated rings. The summed E-state index contributed by atoms with van der Waals surface area (Å²) in [6, 6.07) is 8.63. The first-order chi connectivity index (χ1) is 10.3. The van der Waals surface area contributed by atoms with E-state index in [1.165, 1.54) is 28.1 Å². The van der Waals surface area contributed by atoms with E-state index >= 15 is 0 Å². The SMILES string of the molecule is CCCc1nc(Cc2cccc(C)c2)nc2c1CNCC2. The quantitative estimate of drug-likeness (QED) is 0.936. The molecule has 0 saturated carbocycles. The van der Waals surface area contributed by atoms with Crippen LogP contribution in [-0.2, 0) is 25.8 Å².